The lowest BCUT2D eigenvalue weighted by molar-refractivity contribution is -0.155. The Labute approximate surface area is 206 Å². The van der Waals surface area contributed by atoms with Gasteiger partial charge >= 0.3 is 35.8 Å². The Hall–Kier alpha value is -3.68. The average molecular weight is 514 g/mol. The Bertz CT molecular complexity index is 865. The molecule has 13 heteroatoms. The monoisotopic (exact) mass is 514 g/mol. The van der Waals surface area contributed by atoms with Crippen LogP contribution >= 0.6 is 0 Å². The molecule has 4 atom stereocenters. The van der Waals surface area contributed by atoms with Crippen LogP contribution in [0.4, 0.5) is 0 Å². The molecule has 4 unspecified atom stereocenters. The largest absolute Gasteiger partial charge is 0.478 e. The highest BCUT2D eigenvalue weighted by molar-refractivity contribution is 5.98. The van der Waals surface area contributed by atoms with Crippen molar-refractivity contribution in [2.24, 2.45) is 23.7 Å². The molecule has 2 aliphatic heterocycles. The highest BCUT2D eigenvalue weighted by Crippen LogP contribution is 2.40. The normalized spacial score (nSPS) is 23.5. The first-order chi connectivity index (χ1) is 16.7. The highest BCUT2D eigenvalue weighted by Gasteiger charge is 2.49. The van der Waals surface area contributed by atoms with Crippen molar-refractivity contribution in [1.29, 1.82) is 0 Å². The van der Waals surface area contributed by atoms with E-state index < -0.39 is 59.7 Å². The van der Waals surface area contributed by atoms with Crippen molar-refractivity contribution >= 4 is 35.8 Å². The van der Waals surface area contributed by atoms with Gasteiger partial charge in [-0.2, -0.15) is 0 Å². The van der Waals surface area contributed by atoms with Crippen molar-refractivity contribution < 1.29 is 63.8 Å². The van der Waals surface area contributed by atoms with Crippen LogP contribution in [-0.2, 0) is 38.2 Å². The van der Waals surface area contributed by atoms with E-state index in [4.69, 9.17) is 25.5 Å². The molecule has 0 radical (unpaired) electrons. The zero-order chi connectivity index (χ0) is 28.2. The van der Waals surface area contributed by atoms with Gasteiger partial charge in [0.15, 0.2) is 0 Å². The van der Waals surface area contributed by atoms with Crippen LogP contribution in [0.3, 0.4) is 0 Å². The van der Waals surface area contributed by atoms with Gasteiger partial charge in [-0.3, -0.25) is 19.2 Å². The van der Waals surface area contributed by atoms with Gasteiger partial charge in [0.05, 0.1) is 37.4 Å². The van der Waals surface area contributed by atoms with E-state index in [0.29, 0.717) is 6.42 Å². The molecule has 5 N–H and O–H groups in total. The molecule has 3 aliphatic rings. The second-order valence-electron chi connectivity index (χ2n) is 7.95. The first-order valence-corrected chi connectivity index (χ1v) is 10.5. The molecule has 0 aromatic rings. The summed E-state index contributed by atoms with van der Waals surface area (Å²) in [5.74, 6) is -5.90. The van der Waals surface area contributed by atoms with Crippen LogP contribution in [0, 0.1) is 23.7 Å². The number of carboxylic acid groups (broad SMARTS) is 2. The van der Waals surface area contributed by atoms with Gasteiger partial charge in [0.25, 0.3) is 0 Å². The average Bonchev–Trinajstić information content (AvgIpc) is 3.30. The fourth-order valence-corrected chi connectivity index (χ4v) is 2.82. The summed E-state index contributed by atoms with van der Waals surface area (Å²) in [6.45, 7) is 8.47. The molecule has 3 rings (SSSR count). The summed E-state index contributed by atoms with van der Waals surface area (Å²) >= 11 is 0. The van der Waals surface area contributed by atoms with E-state index in [1.54, 1.807) is 12.2 Å². The SMILES string of the molecule is C=C(C)C(=O)O.C=C(C)C(=O)O.O=C1CC(C2C=CC3C(=O)OC(=O)C3C2)C(=O)O1.OCC(O)CO. The molecule has 0 spiro atoms. The molecule has 200 valence electrons. The number of fused-ring (bicyclic) bond motifs is 1. The van der Waals surface area contributed by atoms with E-state index in [1.807, 2.05) is 0 Å². The third-order valence-corrected chi connectivity index (χ3v) is 4.87. The van der Waals surface area contributed by atoms with Crippen LogP contribution in [0.2, 0.25) is 0 Å². The predicted molar refractivity (Wildman–Crippen MR) is 120 cm³/mol. The zero-order valence-corrected chi connectivity index (χ0v) is 19.8. The number of rotatable bonds is 5. The van der Waals surface area contributed by atoms with Gasteiger partial charge in [-0.05, 0) is 26.2 Å². The molecule has 36 heavy (non-hydrogen) atoms. The number of aliphatic hydroxyl groups excluding tert-OH is 3. The van der Waals surface area contributed by atoms with Crippen LogP contribution in [-0.4, -0.2) is 80.7 Å². The number of aliphatic carboxylic acids is 2. The third-order valence-electron chi connectivity index (χ3n) is 4.87. The minimum absolute atomic E-state index is 0.0359. The summed E-state index contributed by atoms with van der Waals surface area (Å²) in [7, 11) is 0. The predicted octanol–water partition coefficient (Wildman–Crippen LogP) is -0.406. The molecule has 0 saturated carbocycles. The molecule has 1 aliphatic carbocycles. The first kappa shape index (κ1) is 32.3. The van der Waals surface area contributed by atoms with Gasteiger partial charge in [0.1, 0.15) is 6.10 Å². The van der Waals surface area contributed by atoms with Crippen molar-refractivity contribution in [2.45, 2.75) is 32.8 Å². The Kier molecular flexibility index (Phi) is 13.8. The maximum absolute atomic E-state index is 11.5. The highest BCUT2D eigenvalue weighted by atomic mass is 16.6. The minimum atomic E-state index is -0.954. The number of hydrogen-bond acceptors (Lipinski definition) is 11. The summed E-state index contributed by atoms with van der Waals surface area (Å²) in [6, 6.07) is 0. The summed E-state index contributed by atoms with van der Waals surface area (Å²) in [6.07, 6.45) is 2.74. The molecule has 0 aromatic heterocycles. The molecule has 2 saturated heterocycles. The van der Waals surface area contributed by atoms with Crippen LogP contribution in [0.1, 0.15) is 26.7 Å². The second kappa shape index (κ2) is 15.3. The topological polar surface area (TPSA) is 222 Å². The Morgan fingerprint density at radius 3 is 1.67 bits per heavy atom. The van der Waals surface area contributed by atoms with Crippen LogP contribution < -0.4 is 0 Å². The first-order valence-electron chi connectivity index (χ1n) is 10.5. The van der Waals surface area contributed by atoms with Crippen LogP contribution in [0.5, 0.6) is 0 Å². The van der Waals surface area contributed by atoms with E-state index in [-0.39, 0.29) is 36.7 Å². The number of allylic oxidation sites excluding steroid dienone is 1. The molecule has 0 amide bonds. The number of esters is 4. The zero-order valence-electron chi connectivity index (χ0n) is 19.8. The molecular weight excluding hydrogens is 484 g/mol. The van der Waals surface area contributed by atoms with Gasteiger partial charge in [-0.25, -0.2) is 9.59 Å². The second-order valence-corrected chi connectivity index (χ2v) is 7.95. The molecule has 0 aromatic carbocycles. The number of ether oxygens (including phenoxy) is 2. The molecule has 2 heterocycles. The fourth-order valence-electron chi connectivity index (χ4n) is 2.82. The van der Waals surface area contributed by atoms with Gasteiger partial charge in [0, 0.05) is 11.1 Å². The molecule has 0 bridgehead atoms. The summed E-state index contributed by atoms with van der Waals surface area (Å²) in [5.41, 5.74) is 0.352. The smallest absolute Gasteiger partial charge is 0.330 e. The number of carboxylic acids is 2. The summed E-state index contributed by atoms with van der Waals surface area (Å²) in [4.78, 5) is 64.5. The standard InChI is InChI=1S/C12H10O6.2C4H6O2.C3H8O3/c13-9-4-7(11(15)17-9)5-1-2-6-8(3-5)12(16)18-10(6)14;2*1-3(2)4(5)6;4-1-3(6)2-5/h1-2,5-8H,3-4H2;2*1H2,2H3,(H,5,6);3-6H,1-2H2. The van der Waals surface area contributed by atoms with E-state index in [0.717, 1.165) is 0 Å². The number of aliphatic hydroxyl groups is 3. The third kappa shape index (κ3) is 10.7. The van der Waals surface area contributed by atoms with Crippen molar-refractivity contribution in [3.8, 4) is 0 Å². The maximum Gasteiger partial charge on any atom is 0.330 e. The van der Waals surface area contributed by atoms with E-state index in [1.165, 1.54) is 13.8 Å². The quantitative estimate of drug-likeness (QED) is 0.136. The van der Waals surface area contributed by atoms with Crippen LogP contribution in [0.25, 0.3) is 0 Å². The van der Waals surface area contributed by atoms with Crippen molar-refractivity contribution in [2.75, 3.05) is 13.2 Å². The number of carbonyl (C=O) groups is 6. The lowest BCUT2D eigenvalue weighted by Crippen LogP contribution is -2.28. The van der Waals surface area contributed by atoms with Crippen molar-refractivity contribution in [3.05, 3.63) is 36.5 Å². The van der Waals surface area contributed by atoms with Gasteiger partial charge in [0.2, 0.25) is 0 Å². The number of hydrogen-bond donors (Lipinski definition) is 5. The van der Waals surface area contributed by atoms with Gasteiger partial charge in [-0.15, -0.1) is 0 Å². The van der Waals surface area contributed by atoms with Crippen molar-refractivity contribution in [3.63, 3.8) is 0 Å². The Morgan fingerprint density at radius 2 is 1.33 bits per heavy atom. The van der Waals surface area contributed by atoms with E-state index in [9.17, 15) is 28.8 Å². The lowest BCUT2D eigenvalue weighted by Gasteiger charge is -2.24. The Balaban J connectivity index is 0.000000564. The van der Waals surface area contributed by atoms with E-state index in [2.05, 4.69) is 22.6 Å². The van der Waals surface area contributed by atoms with E-state index >= 15 is 0 Å². The lowest BCUT2D eigenvalue weighted by atomic mass is 9.75. The fraction of sp³-hybridized carbons (Fsp3) is 0.478. The minimum Gasteiger partial charge on any atom is -0.478 e. The number of carbonyl (C=O) groups excluding carboxylic acids is 4. The summed E-state index contributed by atoms with van der Waals surface area (Å²) < 4.78 is 9.05. The Morgan fingerprint density at radius 1 is 0.889 bits per heavy atom. The number of cyclic esters (lactones) is 4. The van der Waals surface area contributed by atoms with Crippen LogP contribution in [0.15, 0.2) is 36.5 Å². The van der Waals surface area contributed by atoms with Gasteiger partial charge in [-0.1, -0.05) is 25.3 Å². The maximum atomic E-state index is 11.5. The summed E-state index contributed by atoms with van der Waals surface area (Å²) in [5, 5.41) is 39.8. The molecule has 2 fully saturated rings. The van der Waals surface area contributed by atoms with Crippen molar-refractivity contribution in [1.82, 2.24) is 0 Å². The molecular formula is C23H30O13. The molecule has 13 nitrogen and oxygen atoms in total. The van der Waals surface area contributed by atoms with Gasteiger partial charge < -0.3 is 35.0 Å².